The van der Waals surface area contributed by atoms with Gasteiger partial charge in [-0.15, -0.1) is 0 Å². The minimum atomic E-state index is -2.92. The maximum Gasteiger partial charge on any atom is 0.387 e. The number of hydrogen-bond donors (Lipinski definition) is 2. The topological polar surface area (TPSA) is 58.6 Å². The second-order valence-electron chi connectivity index (χ2n) is 5.14. The van der Waals surface area contributed by atoms with Gasteiger partial charge in [-0.05, 0) is 24.5 Å². The van der Waals surface area contributed by atoms with Gasteiger partial charge in [0, 0.05) is 18.2 Å². The Kier molecular flexibility index (Phi) is 7.52. The fourth-order valence-corrected chi connectivity index (χ4v) is 1.72. The standard InChI is InChI=1S/C16H21F2NO3/c1-11(2)13(20)9-10-19-15(21)8-7-12-5-3-4-6-14(12)22-16(17)18/h3-8,11,13,16,20H,9-10H2,1-2H3,(H,19,21). The van der Waals surface area contributed by atoms with Gasteiger partial charge in [0.25, 0.3) is 0 Å². The predicted octanol–water partition coefficient (Wildman–Crippen LogP) is 2.82. The maximum absolute atomic E-state index is 12.3. The van der Waals surface area contributed by atoms with Crippen molar-refractivity contribution in [2.24, 2.45) is 5.92 Å². The highest BCUT2D eigenvalue weighted by atomic mass is 19.3. The van der Waals surface area contributed by atoms with E-state index < -0.39 is 12.7 Å². The molecule has 0 aliphatic rings. The van der Waals surface area contributed by atoms with Crippen molar-refractivity contribution in [1.29, 1.82) is 0 Å². The number of ether oxygens (including phenoxy) is 1. The summed E-state index contributed by atoms with van der Waals surface area (Å²) in [5.41, 5.74) is 0.389. The lowest BCUT2D eigenvalue weighted by Gasteiger charge is -2.13. The number of hydrogen-bond acceptors (Lipinski definition) is 3. The molecule has 0 saturated heterocycles. The van der Waals surface area contributed by atoms with Crippen molar-refractivity contribution in [2.75, 3.05) is 6.54 Å². The van der Waals surface area contributed by atoms with Gasteiger partial charge in [-0.3, -0.25) is 4.79 Å². The lowest BCUT2D eigenvalue weighted by atomic mass is 10.0. The highest BCUT2D eigenvalue weighted by Gasteiger charge is 2.09. The van der Waals surface area contributed by atoms with Crippen LogP contribution in [0.5, 0.6) is 5.75 Å². The van der Waals surface area contributed by atoms with Crippen LogP contribution in [0.1, 0.15) is 25.8 Å². The van der Waals surface area contributed by atoms with E-state index in [0.717, 1.165) is 0 Å². The third-order valence-electron chi connectivity index (χ3n) is 3.06. The number of alkyl halides is 2. The summed E-state index contributed by atoms with van der Waals surface area (Å²) < 4.78 is 28.9. The van der Waals surface area contributed by atoms with E-state index in [9.17, 15) is 18.7 Å². The molecule has 1 rings (SSSR count). The molecule has 0 saturated carbocycles. The maximum atomic E-state index is 12.3. The number of benzene rings is 1. The van der Waals surface area contributed by atoms with Crippen molar-refractivity contribution in [3.8, 4) is 5.75 Å². The summed E-state index contributed by atoms with van der Waals surface area (Å²) in [7, 11) is 0. The van der Waals surface area contributed by atoms with Crippen LogP contribution in [0.3, 0.4) is 0 Å². The fraction of sp³-hybridized carbons (Fsp3) is 0.438. The van der Waals surface area contributed by atoms with E-state index in [2.05, 4.69) is 10.1 Å². The summed E-state index contributed by atoms with van der Waals surface area (Å²) in [5, 5.41) is 12.2. The molecule has 6 heteroatoms. The Morgan fingerprint density at radius 3 is 2.68 bits per heavy atom. The Bertz CT molecular complexity index is 504. The summed E-state index contributed by atoms with van der Waals surface area (Å²) in [6, 6.07) is 6.21. The Morgan fingerprint density at radius 1 is 1.36 bits per heavy atom. The highest BCUT2D eigenvalue weighted by Crippen LogP contribution is 2.21. The summed E-state index contributed by atoms with van der Waals surface area (Å²) in [6.45, 7) is 1.22. The molecule has 22 heavy (non-hydrogen) atoms. The number of amides is 1. The number of para-hydroxylation sites is 1. The Hall–Kier alpha value is -1.95. The van der Waals surface area contributed by atoms with Crippen molar-refractivity contribution < 1.29 is 23.4 Å². The first kappa shape index (κ1) is 18.1. The molecule has 1 aromatic rings. The van der Waals surface area contributed by atoms with Gasteiger partial charge >= 0.3 is 6.61 Å². The van der Waals surface area contributed by atoms with Crippen molar-refractivity contribution in [1.82, 2.24) is 5.32 Å². The van der Waals surface area contributed by atoms with Crippen LogP contribution in [-0.4, -0.2) is 30.3 Å². The molecule has 0 aliphatic carbocycles. The minimum Gasteiger partial charge on any atom is -0.434 e. The Morgan fingerprint density at radius 2 is 2.05 bits per heavy atom. The second kappa shape index (κ2) is 9.15. The van der Waals surface area contributed by atoms with Crippen LogP contribution in [0.4, 0.5) is 8.78 Å². The molecule has 0 heterocycles. The normalized spacial score (nSPS) is 12.9. The van der Waals surface area contributed by atoms with Gasteiger partial charge in [-0.2, -0.15) is 8.78 Å². The molecule has 0 spiro atoms. The fourth-order valence-electron chi connectivity index (χ4n) is 1.72. The molecule has 1 unspecified atom stereocenters. The smallest absolute Gasteiger partial charge is 0.387 e. The van der Waals surface area contributed by atoms with Crippen LogP contribution in [-0.2, 0) is 4.79 Å². The van der Waals surface area contributed by atoms with Crippen LogP contribution in [0.2, 0.25) is 0 Å². The Labute approximate surface area is 128 Å². The summed E-state index contributed by atoms with van der Waals surface area (Å²) in [5.74, 6) is -0.217. The van der Waals surface area contributed by atoms with Gasteiger partial charge in [-0.25, -0.2) is 0 Å². The van der Waals surface area contributed by atoms with Crippen molar-refractivity contribution in [2.45, 2.75) is 33.0 Å². The number of carbonyl (C=O) groups is 1. The van der Waals surface area contributed by atoms with Gasteiger partial charge in [0.1, 0.15) is 5.75 Å². The lowest BCUT2D eigenvalue weighted by molar-refractivity contribution is -0.116. The molecule has 0 radical (unpaired) electrons. The quantitative estimate of drug-likeness (QED) is 0.726. The van der Waals surface area contributed by atoms with Crippen LogP contribution < -0.4 is 10.1 Å². The van der Waals surface area contributed by atoms with Crippen LogP contribution >= 0.6 is 0 Å². The number of carbonyl (C=O) groups excluding carboxylic acids is 1. The average molecular weight is 313 g/mol. The molecule has 1 aromatic carbocycles. The first-order chi connectivity index (χ1) is 10.4. The monoisotopic (exact) mass is 313 g/mol. The van der Waals surface area contributed by atoms with E-state index in [-0.39, 0.29) is 17.6 Å². The first-order valence-corrected chi connectivity index (χ1v) is 7.08. The van der Waals surface area contributed by atoms with Gasteiger partial charge in [-0.1, -0.05) is 32.0 Å². The van der Waals surface area contributed by atoms with Crippen molar-refractivity contribution in [3.05, 3.63) is 35.9 Å². The molecule has 0 bridgehead atoms. The zero-order valence-electron chi connectivity index (χ0n) is 12.6. The predicted molar refractivity (Wildman–Crippen MR) is 80.6 cm³/mol. The van der Waals surface area contributed by atoms with E-state index >= 15 is 0 Å². The summed E-state index contributed by atoms with van der Waals surface area (Å²) >= 11 is 0. The lowest BCUT2D eigenvalue weighted by Crippen LogP contribution is -2.27. The molecule has 0 aromatic heterocycles. The van der Waals surface area contributed by atoms with E-state index in [1.54, 1.807) is 18.2 Å². The van der Waals surface area contributed by atoms with Crippen molar-refractivity contribution in [3.63, 3.8) is 0 Å². The van der Waals surface area contributed by atoms with Crippen LogP contribution in [0.15, 0.2) is 30.3 Å². The number of nitrogens with one attached hydrogen (secondary N) is 1. The van der Waals surface area contributed by atoms with Crippen molar-refractivity contribution >= 4 is 12.0 Å². The number of halogens is 2. The summed E-state index contributed by atoms with van der Waals surface area (Å²) in [6.07, 6.45) is 2.65. The van der Waals surface area contributed by atoms with Crippen LogP contribution in [0, 0.1) is 5.92 Å². The molecule has 2 N–H and O–H groups in total. The second-order valence-corrected chi connectivity index (χ2v) is 5.14. The molecular weight excluding hydrogens is 292 g/mol. The third kappa shape index (κ3) is 6.67. The minimum absolute atomic E-state index is 0.0109. The number of aliphatic hydroxyl groups is 1. The molecule has 0 aliphatic heterocycles. The largest absolute Gasteiger partial charge is 0.434 e. The summed E-state index contributed by atoms with van der Waals surface area (Å²) in [4.78, 5) is 11.6. The van der Waals surface area contributed by atoms with Gasteiger partial charge < -0.3 is 15.2 Å². The van der Waals surface area contributed by atoms with E-state index in [0.29, 0.717) is 18.5 Å². The molecule has 1 amide bonds. The molecule has 1 atom stereocenters. The average Bonchev–Trinajstić information content (AvgIpc) is 2.45. The Balaban J connectivity index is 2.52. The van der Waals surface area contributed by atoms with Gasteiger partial charge in [0.2, 0.25) is 5.91 Å². The van der Waals surface area contributed by atoms with E-state index in [4.69, 9.17) is 0 Å². The van der Waals surface area contributed by atoms with Gasteiger partial charge in [0.15, 0.2) is 0 Å². The van der Waals surface area contributed by atoms with E-state index in [1.807, 2.05) is 13.8 Å². The van der Waals surface area contributed by atoms with Crippen LogP contribution in [0.25, 0.3) is 6.08 Å². The van der Waals surface area contributed by atoms with Gasteiger partial charge in [0.05, 0.1) is 6.10 Å². The third-order valence-corrected chi connectivity index (χ3v) is 3.06. The zero-order chi connectivity index (χ0) is 16.5. The highest BCUT2D eigenvalue weighted by molar-refractivity contribution is 5.92. The molecular formula is C16H21F2NO3. The SMILES string of the molecule is CC(C)C(O)CCNC(=O)C=Cc1ccccc1OC(F)F. The first-order valence-electron chi connectivity index (χ1n) is 7.08. The molecule has 122 valence electrons. The zero-order valence-corrected chi connectivity index (χ0v) is 12.6. The molecule has 0 fully saturated rings. The number of aliphatic hydroxyl groups excluding tert-OH is 1. The molecule has 4 nitrogen and oxygen atoms in total. The van der Waals surface area contributed by atoms with E-state index in [1.165, 1.54) is 18.2 Å². The number of rotatable bonds is 8.